The fraction of sp³-hybridized carbons (Fsp3) is 0.310. The molecule has 2 amide bonds. The number of hydrogen-bond donors (Lipinski definition) is 1. The van der Waals surface area contributed by atoms with E-state index in [1.165, 1.54) is 17.0 Å². The average Bonchev–Trinajstić information content (AvgIpc) is 2.90. The standard InChI is InChI=1S/C29H33Br2N3O4S/c1-4-5-16-32-29(36)22(3)33(19-23-8-6-9-24(30)17-23)28(35)20-34(26-11-7-10-25(31)18-26)39(37,38)27-14-12-21(2)13-15-27/h6-15,17-18,22H,4-5,16,19-20H2,1-3H3,(H,32,36)/t22-/m1/s1. The van der Waals surface area contributed by atoms with Crippen molar-refractivity contribution in [3.63, 3.8) is 0 Å². The van der Waals surface area contributed by atoms with Gasteiger partial charge in [-0.25, -0.2) is 8.42 Å². The minimum atomic E-state index is -4.10. The van der Waals surface area contributed by atoms with Gasteiger partial charge in [0.1, 0.15) is 12.6 Å². The number of nitrogens with one attached hydrogen (secondary N) is 1. The van der Waals surface area contributed by atoms with Gasteiger partial charge in [0, 0.05) is 22.0 Å². The first kappa shape index (κ1) is 30.8. The van der Waals surface area contributed by atoms with Crippen LogP contribution in [-0.4, -0.2) is 44.3 Å². The third-order valence-corrected chi connectivity index (χ3v) is 9.00. The van der Waals surface area contributed by atoms with Crippen molar-refractivity contribution in [2.24, 2.45) is 0 Å². The molecule has 0 fully saturated rings. The summed E-state index contributed by atoms with van der Waals surface area (Å²) >= 11 is 6.86. The molecular weight excluding hydrogens is 646 g/mol. The first-order valence-corrected chi connectivity index (χ1v) is 15.7. The Morgan fingerprint density at radius 1 is 0.949 bits per heavy atom. The zero-order chi connectivity index (χ0) is 28.6. The average molecular weight is 679 g/mol. The maximum Gasteiger partial charge on any atom is 0.264 e. The Bertz CT molecular complexity index is 1400. The number of carbonyl (C=O) groups excluding carboxylic acids is 2. The molecule has 0 spiro atoms. The number of halogens is 2. The van der Waals surface area contributed by atoms with Gasteiger partial charge in [0.15, 0.2) is 0 Å². The Labute approximate surface area is 247 Å². The van der Waals surface area contributed by atoms with E-state index in [1.54, 1.807) is 43.3 Å². The van der Waals surface area contributed by atoms with Crippen LogP contribution < -0.4 is 9.62 Å². The summed E-state index contributed by atoms with van der Waals surface area (Å²) in [5.41, 5.74) is 2.06. The zero-order valence-corrected chi connectivity index (χ0v) is 26.2. The van der Waals surface area contributed by atoms with Gasteiger partial charge in [0.25, 0.3) is 10.0 Å². The maximum absolute atomic E-state index is 13.9. The lowest BCUT2D eigenvalue weighted by molar-refractivity contribution is -0.139. The molecule has 208 valence electrons. The molecule has 0 saturated carbocycles. The Morgan fingerprint density at radius 3 is 2.21 bits per heavy atom. The van der Waals surface area contributed by atoms with Gasteiger partial charge in [0.05, 0.1) is 10.6 Å². The highest BCUT2D eigenvalue weighted by Gasteiger charge is 2.32. The van der Waals surface area contributed by atoms with Gasteiger partial charge >= 0.3 is 0 Å². The number of nitrogens with zero attached hydrogens (tertiary/aromatic N) is 2. The van der Waals surface area contributed by atoms with Crippen LogP contribution in [0.5, 0.6) is 0 Å². The third-order valence-electron chi connectivity index (χ3n) is 6.22. The van der Waals surface area contributed by atoms with Crippen LogP contribution in [0.3, 0.4) is 0 Å². The minimum Gasteiger partial charge on any atom is -0.354 e. The SMILES string of the molecule is CCCCNC(=O)[C@@H](C)N(Cc1cccc(Br)c1)C(=O)CN(c1cccc(Br)c1)S(=O)(=O)c1ccc(C)cc1. The Balaban J connectivity index is 2.00. The smallest absolute Gasteiger partial charge is 0.264 e. The lowest BCUT2D eigenvalue weighted by Crippen LogP contribution is -2.51. The van der Waals surface area contributed by atoms with Crippen molar-refractivity contribution in [1.29, 1.82) is 0 Å². The number of aryl methyl sites for hydroxylation is 1. The molecule has 0 aromatic heterocycles. The van der Waals surface area contributed by atoms with Crippen molar-refractivity contribution in [3.05, 3.63) is 92.9 Å². The van der Waals surface area contributed by atoms with Crippen LogP contribution in [0.25, 0.3) is 0 Å². The maximum atomic E-state index is 13.9. The van der Waals surface area contributed by atoms with Crippen LogP contribution in [0.15, 0.2) is 86.6 Å². The molecule has 0 heterocycles. The fourth-order valence-corrected chi connectivity index (χ4v) is 6.19. The largest absolute Gasteiger partial charge is 0.354 e. The molecule has 0 bridgehead atoms. The first-order valence-electron chi connectivity index (χ1n) is 12.7. The van der Waals surface area contributed by atoms with Gasteiger partial charge in [0.2, 0.25) is 11.8 Å². The summed E-state index contributed by atoms with van der Waals surface area (Å²) in [6, 6.07) is 19.9. The molecule has 0 aliphatic rings. The van der Waals surface area contributed by atoms with E-state index >= 15 is 0 Å². The molecule has 0 aliphatic heterocycles. The molecule has 0 radical (unpaired) electrons. The van der Waals surface area contributed by atoms with E-state index in [0.29, 0.717) is 16.7 Å². The monoisotopic (exact) mass is 677 g/mol. The van der Waals surface area contributed by atoms with Crippen LogP contribution in [0.2, 0.25) is 0 Å². The molecular formula is C29H33Br2N3O4S. The predicted octanol–water partition coefficient (Wildman–Crippen LogP) is 6.05. The van der Waals surface area contributed by atoms with E-state index in [4.69, 9.17) is 0 Å². The number of amides is 2. The first-order chi connectivity index (χ1) is 18.5. The molecule has 3 aromatic rings. The number of benzene rings is 3. The van der Waals surface area contributed by atoms with E-state index in [1.807, 2.05) is 38.1 Å². The van der Waals surface area contributed by atoms with Crippen LogP contribution in [0, 0.1) is 6.92 Å². The Hall–Kier alpha value is -2.69. The second kappa shape index (κ2) is 14.1. The Morgan fingerprint density at radius 2 is 1.59 bits per heavy atom. The van der Waals surface area contributed by atoms with Crippen LogP contribution in [-0.2, 0) is 26.2 Å². The summed E-state index contributed by atoms with van der Waals surface area (Å²) in [6.07, 6.45) is 1.75. The highest BCUT2D eigenvalue weighted by Crippen LogP contribution is 2.27. The topological polar surface area (TPSA) is 86.8 Å². The molecule has 3 rings (SSSR count). The van der Waals surface area contributed by atoms with Crippen molar-refractivity contribution in [1.82, 2.24) is 10.2 Å². The molecule has 0 aliphatic carbocycles. The van der Waals surface area contributed by atoms with Crippen molar-refractivity contribution in [2.75, 3.05) is 17.4 Å². The van der Waals surface area contributed by atoms with Crippen molar-refractivity contribution in [3.8, 4) is 0 Å². The van der Waals surface area contributed by atoms with Crippen LogP contribution in [0.4, 0.5) is 5.69 Å². The van der Waals surface area contributed by atoms with Crippen molar-refractivity contribution in [2.45, 2.75) is 51.1 Å². The van der Waals surface area contributed by atoms with Gasteiger partial charge in [-0.05, 0) is 68.3 Å². The summed E-state index contributed by atoms with van der Waals surface area (Å²) in [7, 11) is -4.10. The third kappa shape index (κ3) is 8.40. The molecule has 0 saturated heterocycles. The summed E-state index contributed by atoms with van der Waals surface area (Å²) < 4.78 is 30.3. The number of hydrogen-bond acceptors (Lipinski definition) is 4. The quantitative estimate of drug-likeness (QED) is 0.237. The zero-order valence-electron chi connectivity index (χ0n) is 22.2. The molecule has 1 atom stereocenters. The van der Waals surface area contributed by atoms with Gasteiger partial charge < -0.3 is 10.2 Å². The Kier molecular flexibility index (Phi) is 11.1. The summed E-state index contributed by atoms with van der Waals surface area (Å²) in [6.45, 7) is 5.73. The fourth-order valence-electron chi connectivity index (χ4n) is 3.95. The number of anilines is 1. The number of sulfonamides is 1. The minimum absolute atomic E-state index is 0.0739. The molecule has 39 heavy (non-hydrogen) atoms. The number of carbonyl (C=O) groups is 2. The second-order valence-electron chi connectivity index (χ2n) is 9.28. The van der Waals surface area contributed by atoms with E-state index in [2.05, 4.69) is 37.2 Å². The van der Waals surface area contributed by atoms with Gasteiger partial charge in [-0.15, -0.1) is 0 Å². The van der Waals surface area contributed by atoms with Gasteiger partial charge in [-0.1, -0.05) is 81.1 Å². The van der Waals surface area contributed by atoms with Crippen molar-refractivity contribution >= 4 is 59.4 Å². The molecule has 7 nitrogen and oxygen atoms in total. The van der Waals surface area contributed by atoms with Gasteiger partial charge in [-0.3, -0.25) is 13.9 Å². The number of rotatable bonds is 12. The summed E-state index contributed by atoms with van der Waals surface area (Å²) in [4.78, 5) is 28.4. The van der Waals surface area contributed by atoms with E-state index in [0.717, 1.165) is 32.7 Å². The normalized spacial score (nSPS) is 12.0. The second-order valence-corrected chi connectivity index (χ2v) is 13.0. The highest BCUT2D eigenvalue weighted by molar-refractivity contribution is 9.10. The van der Waals surface area contributed by atoms with Crippen LogP contribution >= 0.6 is 31.9 Å². The van der Waals surface area contributed by atoms with Crippen LogP contribution in [0.1, 0.15) is 37.8 Å². The van der Waals surface area contributed by atoms with Crippen molar-refractivity contribution < 1.29 is 18.0 Å². The van der Waals surface area contributed by atoms with E-state index in [9.17, 15) is 18.0 Å². The van der Waals surface area contributed by atoms with Gasteiger partial charge in [-0.2, -0.15) is 0 Å². The van der Waals surface area contributed by atoms with E-state index < -0.39 is 28.5 Å². The molecule has 10 heteroatoms. The predicted molar refractivity (Wildman–Crippen MR) is 162 cm³/mol. The summed E-state index contributed by atoms with van der Waals surface area (Å²) in [5, 5.41) is 2.89. The molecule has 3 aromatic carbocycles. The highest BCUT2D eigenvalue weighted by atomic mass is 79.9. The van der Waals surface area contributed by atoms with E-state index in [-0.39, 0.29) is 17.3 Å². The number of unbranched alkanes of at least 4 members (excludes halogenated alkanes) is 1. The summed E-state index contributed by atoms with van der Waals surface area (Å²) in [5.74, 6) is -0.786. The lowest BCUT2D eigenvalue weighted by atomic mass is 10.1. The lowest BCUT2D eigenvalue weighted by Gasteiger charge is -2.32. The molecule has 0 unspecified atom stereocenters. The molecule has 1 N–H and O–H groups in total.